The van der Waals surface area contributed by atoms with Crippen LogP contribution in [0, 0.1) is 0 Å². The minimum atomic E-state index is -0.597. The molecule has 98 valence electrons. The lowest BCUT2D eigenvalue weighted by molar-refractivity contribution is -0.141. The van der Waals surface area contributed by atoms with Gasteiger partial charge in [-0.25, -0.2) is 4.98 Å². The molecule has 0 saturated carbocycles. The van der Waals surface area contributed by atoms with Crippen molar-refractivity contribution >= 4 is 11.8 Å². The third kappa shape index (κ3) is 3.41. The van der Waals surface area contributed by atoms with Gasteiger partial charge in [0.1, 0.15) is 6.42 Å². The maximum atomic E-state index is 11.8. The summed E-state index contributed by atoms with van der Waals surface area (Å²) in [5, 5.41) is 0. The third-order valence-electron chi connectivity index (χ3n) is 2.02. The van der Waals surface area contributed by atoms with Crippen LogP contribution in [0.4, 0.5) is 0 Å². The van der Waals surface area contributed by atoms with Crippen LogP contribution in [0.2, 0.25) is 0 Å². The zero-order valence-electron chi connectivity index (χ0n) is 10.4. The van der Waals surface area contributed by atoms with Gasteiger partial charge in [0, 0.05) is 6.20 Å². The fraction of sp³-hybridized carbons (Fsp3) is 0.455. The summed E-state index contributed by atoms with van der Waals surface area (Å²) in [5.74, 6) is -0.996. The van der Waals surface area contributed by atoms with Gasteiger partial charge in [0.2, 0.25) is 5.88 Å². The Morgan fingerprint density at radius 2 is 2.00 bits per heavy atom. The summed E-state index contributed by atoms with van der Waals surface area (Å²) in [7, 11) is 2.76. The molecular weight excluding hydrogens is 240 g/mol. The topological polar surface area (TPSA) is 87.6 Å². The maximum absolute atomic E-state index is 11.8. The number of aromatic nitrogens is 2. The number of carbonyl (C=O) groups is 2. The molecular formula is C11H14N2O5. The zero-order chi connectivity index (χ0) is 13.5. The Bertz CT molecular complexity index is 447. The van der Waals surface area contributed by atoms with Gasteiger partial charge in [0.15, 0.2) is 5.78 Å². The highest BCUT2D eigenvalue weighted by Crippen LogP contribution is 2.18. The SMILES string of the molecule is CCOC(=O)CC(=O)c1cnc(OC)nc1OC. The second-order valence-corrected chi connectivity index (χ2v) is 3.18. The molecule has 1 heterocycles. The number of esters is 1. The molecule has 0 aliphatic carbocycles. The van der Waals surface area contributed by atoms with Crippen molar-refractivity contribution in [2.45, 2.75) is 13.3 Å². The van der Waals surface area contributed by atoms with E-state index in [1.165, 1.54) is 20.4 Å². The highest BCUT2D eigenvalue weighted by molar-refractivity contribution is 6.07. The zero-order valence-corrected chi connectivity index (χ0v) is 10.4. The smallest absolute Gasteiger partial charge is 0.319 e. The lowest BCUT2D eigenvalue weighted by Crippen LogP contribution is -2.13. The molecule has 7 heteroatoms. The molecule has 1 rings (SSSR count). The number of hydrogen-bond donors (Lipinski definition) is 0. The standard InChI is InChI=1S/C11H14N2O5/c1-4-18-9(15)5-8(14)7-6-12-11(17-3)13-10(7)16-2/h6H,4-5H2,1-3H3. The Labute approximate surface area is 104 Å². The van der Waals surface area contributed by atoms with E-state index in [0.29, 0.717) is 0 Å². The molecule has 0 atom stereocenters. The molecule has 0 spiro atoms. The first-order chi connectivity index (χ1) is 8.62. The number of carbonyl (C=O) groups excluding carboxylic acids is 2. The molecule has 0 radical (unpaired) electrons. The first-order valence-electron chi connectivity index (χ1n) is 5.26. The number of Topliss-reactive ketones (excluding diaryl/α,β-unsaturated/α-hetero) is 1. The van der Waals surface area contributed by atoms with E-state index in [-0.39, 0.29) is 30.5 Å². The normalized spacial score (nSPS) is 9.72. The van der Waals surface area contributed by atoms with Crippen LogP contribution >= 0.6 is 0 Å². The van der Waals surface area contributed by atoms with Gasteiger partial charge in [0.05, 0.1) is 26.4 Å². The summed E-state index contributed by atoms with van der Waals surface area (Å²) in [6.45, 7) is 1.89. The maximum Gasteiger partial charge on any atom is 0.319 e. The average Bonchev–Trinajstić information content (AvgIpc) is 2.38. The molecule has 1 aromatic heterocycles. The molecule has 0 unspecified atom stereocenters. The van der Waals surface area contributed by atoms with Gasteiger partial charge in [-0.3, -0.25) is 9.59 Å². The molecule has 0 fully saturated rings. The van der Waals surface area contributed by atoms with Gasteiger partial charge < -0.3 is 14.2 Å². The lowest BCUT2D eigenvalue weighted by Gasteiger charge is -2.07. The van der Waals surface area contributed by atoms with Crippen molar-refractivity contribution in [1.82, 2.24) is 9.97 Å². The van der Waals surface area contributed by atoms with Gasteiger partial charge in [-0.1, -0.05) is 0 Å². The molecule has 0 amide bonds. The van der Waals surface area contributed by atoms with E-state index >= 15 is 0 Å². The van der Waals surface area contributed by atoms with Gasteiger partial charge >= 0.3 is 12.0 Å². The van der Waals surface area contributed by atoms with Crippen molar-refractivity contribution < 1.29 is 23.8 Å². The van der Waals surface area contributed by atoms with Crippen molar-refractivity contribution in [1.29, 1.82) is 0 Å². The van der Waals surface area contributed by atoms with E-state index in [1.807, 2.05) is 0 Å². The predicted octanol–water partition coefficient (Wildman–Crippen LogP) is 0.630. The van der Waals surface area contributed by atoms with Crippen LogP contribution in [0.25, 0.3) is 0 Å². The van der Waals surface area contributed by atoms with Crippen LogP contribution in [0.15, 0.2) is 6.20 Å². The quantitative estimate of drug-likeness (QED) is 0.418. The van der Waals surface area contributed by atoms with E-state index < -0.39 is 11.8 Å². The summed E-state index contributed by atoms with van der Waals surface area (Å²) >= 11 is 0. The Hall–Kier alpha value is -2.18. The first-order valence-corrected chi connectivity index (χ1v) is 5.26. The van der Waals surface area contributed by atoms with Crippen LogP contribution in [0.5, 0.6) is 11.9 Å². The fourth-order valence-corrected chi connectivity index (χ4v) is 1.23. The van der Waals surface area contributed by atoms with Crippen molar-refractivity contribution in [3.8, 4) is 11.9 Å². The second-order valence-electron chi connectivity index (χ2n) is 3.18. The second kappa shape index (κ2) is 6.53. The molecule has 0 aliphatic heterocycles. The third-order valence-corrected chi connectivity index (χ3v) is 2.02. The average molecular weight is 254 g/mol. The molecule has 7 nitrogen and oxygen atoms in total. The number of ether oxygens (including phenoxy) is 3. The van der Waals surface area contributed by atoms with Crippen LogP contribution in [0.1, 0.15) is 23.7 Å². The van der Waals surface area contributed by atoms with Crippen LogP contribution in [-0.2, 0) is 9.53 Å². The van der Waals surface area contributed by atoms with E-state index in [9.17, 15) is 9.59 Å². The van der Waals surface area contributed by atoms with Crippen LogP contribution in [-0.4, -0.2) is 42.5 Å². The minimum absolute atomic E-state index is 0.0659. The summed E-state index contributed by atoms with van der Waals surface area (Å²) in [5.41, 5.74) is 0.117. The highest BCUT2D eigenvalue weighted by atomic mass is 16.5. The molecule has 0 saturated heterocycles. The van der Waals surface area contributed by atoms with Crippen molar-refractivity contribution in [3.63, 3.8) is 0 Å². The number of methoxy groups -OCH3 is 2. The Balaban J connectivity index is 2.88. The monoisotopic (exact) mass is 254 g/mol. The predicted molar refractivity (Wildman–Crippen MR) is 60.7 cm³/mol. The highest BCUT2D eigenvalue weighted by Gasteiger charge is 2.19. The fourth-order valence-electron chi connectivity index (χ4n) is 1.23. The summed E-state index contributed by atoms with van der Waals surface area (Å²) in [4.78, 5) is 30.7. The van der Waals surface area contributed by atoms with Gasteiger partial charge in [-0.05, 0) is 6.92 Å². The van der Waals surface area contributed by atoms with E-state index in [4.69, 9.17) is 9.47 Å². The molecule has 1 aromatic rings. The van der Waals surface area contributed by atoms with Gasteiger partial charge in [0.25, 0.3) is 0 Å². The largest absolute Gasteiger partial charge is 0.480 e. The first kappa shape index (κ1) is 13.9. The van der Waals surface area contributed by atoms with Crippen molar-refractivity contribution in [2.24, 2.45) is 0 Å². The Kier molecular flexibility index (Phi) is 5.04. The molecule has 0 aromatic carbocycles. The van der Waals surface area contributed by atoms with Gasteiger partial charge in [-0.15, -0.1) is 0 Å². The summed E-state index contributed by atoms with van der Waals surface area (Å²) < 4.78 is 14.4. The van der Waals surface area contributed by atoms with E-state index in [0.717, 1.165) is 0 Å². The van der Waals surface area contributed by atoms with Gasteiger partial charge in [-0.2, -0.15) is 4.98 Å². The Morgan fingerprint density at radius 1 is 1.28 bits per heavy atom. The van der Waals surface area contributed by atoms with Crippen molar-refractivity contribution in [3.05, 3.63) is 11.8 Å². The molecule has 0 aliphatic rings. The molecule has 0 bridgehead atoms. The van der Waals surface area contributed by atoms with Crippen LogP contribution < -0.4 is 9.47 Å². The molecule has 18 heavy (non-hydrogen) atoms. The Morgan fingerprint density at radius 3 is 2.56 bits per heavy atom. The van der Waals surface area contributed by atoms with Crippen molar-refractivity contribution in [2.75, 3.05) is 20.8 Å². The summed E-state index contributed by atoms with van der Waals surface area (Å²) in [6.07, 6.45) is 0.881. The van der Waals surface area contributed by atoms with Crippen LogP contribution in [0.3, 0.4) is 0 Å². The number of hydrogen-bond acceptors (Lipinski definition) is 7. The van der Waals surface area contributed by atoms with E-state index in [2.05, 4.69) is 14.7 Å². The minimum Gasteiger partial charge on any atom is -0.480 e. The number of rotatable bonds is 6. The van der Waals surface area contributed by atoms with E-state index in [1.54, 1.807) is 6.92 Å². The number of ketones is 1. The molecule has 0 N–H and O–H groups in total. The summed E-state index contributed by atoms with van der Waals surface area (Å²) in [6, 6.07) is 0.0829. The number of nitrogens with zero attached hydrogens (tertiary/aromatic N) is 2. The lowest BCUT2D eigenvalue weighted by atomic mass is 10.1.